The standard InChI is InChI=1S/C22H24FN5OS/c1-5-16-18(11-29)27(4)17-10-24-21(26-22(17)28(16)13(2)3)20-19(25-12-30-20)14-6-8-15(23)9-7-14/h6-13,16,18H,5H2,1-4H3. The summed E-state index contributed by atoms with van der Waals surface area (Å²) >= 11 is 1.46. The van der Waals surface area contributed by atoms with Crippen LogP contribution in [0.5, 0.6) is 0 Å². The summed E-state index contributed by atoms with van der Waals surface area (Å²) in [6, 6.07) is 6.22. The summed E-state index contributed by atoms with van der Waals surface area (Å²) in [5.74, 6) is 1.11. The van der Waals surface area contributed by atoms with Crippen molar-refractivity contribution in [2.45, 2.75) is 45.3 Å². The Morgan fingerprint density at radius 2 is 1.97 bits per heavy atom. The third-order valence-corrected chi connectivity index (χ3v) is 6.40. The van der Waals surface area contributed by atoms with E-state index in [1.165, 1.54) is 23.5 Å². The zero-order chi connectivity index (χ0) is 21.4. The number of carbonyl (C=O) groups is 1. The molecule has 0 N–H and O–H groups in total. The Hall–Kier alpha value is -2.87. The Kier molecular flexibility index (Phi) is 5.51. The van der Waals surface area contributed by atoms with E-state index in [1.54, 1.807) is 23.8 Å². The lowest BCUT2D eigenvalue weighted by molar-refractivity contribution is -0.109. The molecule has 0 radical (unpaired) electrons. The lowest BCUT2D eigenvalue weighted by Crippen LogP contribution is -2.58. The minimum absolute atomic E-state index is 0.0285. The maximum Gasteiger partial charge on any atom is 0.174 e. The van der Waals surface area contributed by atoms with E-state index in [-0.39, 0.29) is 23.9 Å². The first-order chi connectivity index (χ1) is 14.5. The summed E-state index contributed by atoms with van der Waals surface area (Å²) < 4.78 is 13.3. The fourth-order valence-corrected chi connectivity index (χ4v) is 4.87. The molecule has 30 heavy (non-hydrogen) atoms. The first-order valence-corrected chi connectivity index (χ1v) is 10.9. The molecule has 1 aliphatic heterocycles. The largest absolute Gasteiger partial charge is 0.359 e. The summed E-state index contributed by atoms with van der Waals surface area (Å²) in [7, 11) is 1.91. The number of rotatable bonds is 5. The summed E-state index contributed by atoms with van der Waals surface area (Å²) in [5, 5.41) is 0. The minimum atomic E-state index is -0.286. The summed E-state index contributed by atoms with van der Waals surface area (Å²) in [6.45, 7) is 6.31. The summed E-state index contributed by atoms with van der Waals surface area (Å²) in [5.41, 5.74) is 4.14. The van der Waals surface area contributed by atoms with E-state index < -0.39 is 0 Å². The SMILES string of the molecule is CCC1C(C=O)N(C)c2cnc(-c3scnc3-c3ccc(F)cc3)nc2N1C(C)C. The van der Waals surface area contributed by atoms with Gasteiger partial charge < -0.3 is 14.6 Å². The highest BCUT2D eigenvalue weighted by Gasteiger charge is 2.39. The van der Waals surface area contributed by atoms with Crippen LogP contribution in [0.15, 0.2) is 36.0 Å². The van der Waals surface area contributed by atoms with Crippen LogP contribution in [-0.4, -0.2) is 46.4 Å². The van der Waals surface area contributed by atoms with Gasteiger partial charge in [-0.25, -0.2) is 19.3 Å². The summed E-state index contributed by atoms with van der Waals surface area (Å²) in [4.78, 5) is 30.9. The second-order valence-electron chi connectivity index (χ2n) is 7.65. The third kappa shape index (κ3) is 3.35. The number of likely N-dealkylation sites (N-methyl/N-ethyl adjacent to an activating group) is 1. The lowest BCUT2D eigenvalue weighted by Gasteiger charge is -2.47. The van der Waals surface area contributed by atoms with Gasteiger partial charge in [-0.1, -0.05) is 6.92 Å². The van der Waals surface area contributed by atoms with Gasteiger partial charge in [0.05, 0.1) is 34.0 Å². The van der Waals surface area contributed by atoms with Crippen molar-refractivity contribution in [3.8, 4) is 22.0 Å². The van der Waals surface area contributed by atoms with Gasteiger partial charge in [0.25, 0.3) is 0 Å². The van der Waals surface area contributed by atoms with E-state index in [9.17, 15) is 9.18 Å². The van der Waals surface area contributed by atoms with Gasteiger partial charge in [-0.15, -0.1) is 11.3 Å². The molecule has 8 heteroatoms. The number of fused-ring (bicyclic) bond motifs is 1. The third-order valence-electron chi connectivity index (χ3n) is 5.58. The van der Waals surface area contributed by atoms with E-state index in [0.717, 1.165) is 40.3 Å². The molecule has 0 saturated carbocycles. The molecule has 0 saturated heterocycles. The van der Waals surface area contributed by atoms with Crippen LogP contribution in [0.25, 0.3) is 22.0 Å². The first-order valence-electron chi connectivity index (χ1n) is 9.99. The average molecular weight is 426 g/mol. The number of aromatic nitrogens is 3. The van der Waals surface area contributed by atoms with E-state index in [4.69, 9.17) is 4.98 Å². The molecule has 4 rings (SSSR count). The number of hydrogen-bond acceptors (Lipinski definition) is 7. The zero-order valence-electron chi connectivity index (χ0n) is 17.4. The molecular weight excluding hydrogens is 401 g/mol. The molecule has 3 aromatic rings. The Morgan fingerprint density at radius 3 is 2.60 bits per heavy atom. The Bertz CT molecular complexity index is 1050. The number of anilines is 2. The van der Waals surface area contributed by atoms with Crippen molar-refractivity contribution in [2.24, 2.45) is 0 Å². The van der Waals surface area contributed by atoms with Crippen LogP contribution in [0.3, 0.4) is 0 Å². The molecule has 0 spiro atoms. The molecular formula is C22H24FN5OS. The van der Waals surface area contributed by atoms with Crippen molar-refractivity contribution in [3.63, 3.8) is 0 Å². The first kappa shape index (κ1) is 20.4. The smallest absolute Gasteiger partial charge is 0.174 e. The highest BCUT2D eigenvalue weighted by atomic mass is 32.1. The molecule has 0 amide bonds. The fourth-order valence-electron chi connectivity index (χ4n) is 4.12. The van der Waals surface area contributed by atoms with Crippen molar-refractivity contribution >= 4 is 29.1 Å². The van der Waals surface area contributed by atoms with Gasteiger partial charge in [0.15, 0.2) is 11.6 Å². The highest BCUT2D eigenvalue weighted by Crippen LogP contribution is 2.40. The van der Waals surface area contributed by atoms with Crippen molar-refractivity contribution < 1.29 is 9.18 Å². The number of thiazole rings is 1. The van der Waals surface area contributed by atoms with Crippen LogP contribution in [0.2, 0.25) is 0 Å². The fraction of sp³-hybridized carbons (Fsp3) is 0.364. The molecule has 6 nitrogen and oxygen atoms in total. The van der Waals surface area contributed by atoms with Gasteiger partial charge in [-0.3, -0.25) is 0 Å². The molecule has 1 aromatic carbocycles. The predicted octanol–water partition coefficient (Wildman–Crippen LogP) is 4.42. The Labute approximate surface area is 179 Å². The van der Waals surface area contributed by atoms with E-state index >= 15 is 0 Å². The van der Waals surface area contributed by atoms with E-state index in [1.807, 2.05) is 11.9 Å². The van der Waals surface area contributed by atoms with Gasteiger partial charge in [-0.05, 0) is 44.5 Å². The molecule has 2 unspecified atom stereocenters. The Balaban J connectivity index is 1.84. The number of nitrogens with zero attached hydrogens (tertiary/aromatic N) is 5. The van der Waals surface area contributed by atoms with Gasteiger partial charge in [0, 0.05) is 18.7 Å². The number of benzene rings is 1. The number of aldehydes is 1. The van der Waals surface area contributed by atoms with E-state index in [0.29, 0.717) is 5.82 Å². The van der Waals surface area contributed by atoms with Gasteiger partial charge in [0.2, 0.25) is 0 Å². The second-order valence-corrected chi connectivity index (χ2v) is 8.51. The van der Waals surface area contributed by atoms with Crippen LogP contribution in [0, 0.1) is 5.82 Å². The van der Waals surface area contributed by atoms with Gasteiger partial charge >= 0.3 is 0 Å². The normalized spacial score (nSPS) is 18.6. The molecule has 0 fully saturated rings. The number of carbonyl (C=O) groups excluding carboxylic acids is 1. The van der Waals surface area contributed by atoms with Crippen LogP contribution in [0.1, 0.15) is 27.2 Å². The lowest BCUT2D eigenvalue weighted by atomic mass is 9.98. The number of halogens is 1. The molecule has 0 aliphatic carbocycles. The van der Waals surface area contributed by atoms with E-state index in [2.05, 4.69) is 35.6 Å². The van der Waals surface area contributed by atoms with Crippen LogP contribution in [0.4, 0.5) is 15.9 Å². The zero-order valence-corrected chi connectivity index (χ0v) is 18.2. The molecule has 2 atom stereocenters. The van der Waals surface area contributed by atoms with Crippen molar-refractivity contribution in [1.29, 1.82) is 0 Å². The van der Waals surface area contributed by atoms with Crippen LogP contribution < -0.4 is 9.80 Å². The average Bonchev–Trinajstić information content (AvgIpc) is 3.23. The topological polar surface area (TPSA) is 62.2 Å². The summed E-state index contributed by atoms with van der Waals surface area (Å²) in [6.07, 6.45) is 3.62. The van der Waals surface area contributed by atoms with Crippen molar-refractivity contribution in [3.05, 3.63) is 41.8 Å². The quantitative estimate of drug-likeness (QED) is 0.564. The molecule has 0 bridgehead atoms. The number of hydrogen-bond donors (Lipinski definition) is 0. The minimum Gasteiger partial charge on any atom is -0.359 e. The van der Waals surface area contributed by atoms with Gasteiger partial charge in [0.1, 0.15) is 18.1 Å². The van der Waals surface area contributed by atoms with Crippen LogP contribution in [-0.2, 0) is 4.79 Å². The maximum atomic E-state index is 13.3. The molecule has 1 aliphatic rings. The maximum absolute atomic E-state index is 13.3. The Morgan fingerprint density at radius 1 is 1.23 bits per heavy atom. The van der Waals surface area contributed by atoms with Crippen LogP contribution >= 0.6 is 11.3 Å². The molecule has 156 valence electrons. The van der Waals surface area contributed by atoms with Crippen molar-refractivity contribution in [2.75, 3.05) is 16.8 Å². The van der Waals surface area contributed by atoms with Gasteiger partial charge in [-0.2, -0.15) is 0 Å². The highest BCUT2D eigenvalue weighted by molar-refractivity contribution is 7.13. The second kappa shape index (κ2) is 8.10. The molecule has 3 heterocycles. The van der Waals surface area contributed by atoms with Crippen molar-refractivity contribution in [1.82, 2.24) is 15.0 Å². The predicted molar refractivity (Wildman–Crippen MR) is 118 cm³/mol. The molecule has 2 aromatic heterocycles. The monoisotopic (exact) mass is 425 g/mol.